The number of nitrogens with one attached hydrogen (secondary N) is 1. The Morgan fingerprint density at radius 3 is 3.00 bits per heavy atom. The fourth-order valence-corrected chi connectivity index (χ4v) is 2.26. The van der Waals surface area contributed by atoms with Crippen LogP contribution in [0.15, 0.2) is 0 Å². The van der Waals surface area contributed by atoms with E-state index < -0.39 is 0 Å². The van der Waals surface area contributed by atoms with Crippen LogP contribution in [0.1, 0.15) is 32.6 Å². The van der Waals surface area contributed by atoms with Gasteiger partial charge in [-0.05, 0) is 18.8 Å². The summed E-state index contributed by atoms with van der Waals surface area (Å²) in [5, 5.41) is 12.6. The van der Waals surface area contributed by atoms with Crippen LogP contribution in [0.2, 0.25) is 0 Å². The first-order valence-electron chi connectivity index (χ1n) is 5.02. The lowest BCUT2D eigenvalue weighted by Crippen LogP contribution is -2.51. The van der Waals surface area contributed by atoms with Gasteiger partial charge < -0.3 is 5.11 Å². The molecule has 1 aliphatic carbocycles. The van der Waals surface area contributed by atoms with Crippen LogP contribution in [0.4, 0.5) is 0 Å². The SMILES string of the molecule is C#CCNC1(CO)CCCC(C)C1. The van der Waals surface area contributed by atoms with Crippen molar-refractivity contribution in [3.63, 3.8) is 0 Å². The van der Waals surface area contributed by atoms with Crippen molar-refractivity contribution in [1.82, 2.24) is 5.32 Å². The molecule has 74 valence electrons. The summed E-state index contributed by atoms with van der Waals surface area (Å²) in [6, 6.07) is 0. The van der Waals surface area contributed by atoms with Crippen LogP contribution in [0, 0.1) is 18.3 Å². The Labute approximate surface area is 80.7 Å². The van der Waals surface area contributed by atoms with E-state index in [0.29, 0.717) is 12.5 Å². The maximum absolute atomic E-state index is 9.35. The van der Waals surface area contributed by atoms with Crippen LogP contribution >= 0.6 is 0 Å². The second-order valence-corrected chi connectivity index (χ2v) is 4.20. The molecule has 1 rings (SSSR count). The molecule has 1 saturated carbocycles. The lowest BCUT2D eigenvalue weighted by molar-refractivity contribution is 0.104. The summed E-state index contributed by atoms with van der Waals surface area (Å²) >= 11 is 0. The van der Waals surface area contributed by atoms with Gasteiger partial charge in [0.15, 0.2) is 0 Å². The number of aliphatic hydroxyl groups is 1. The maximum atomic E-state index is 9.35. The topological polar surface area (TPSA) is 32.3 Å². The average molecular weight is 181 g/mol. The molecule has 0 spiro atoms. The van der Waals surface area contributed by atoms with Crippen molar-refractivity contribution < 1.29 is 5.11 Å². The third-order valence-electron chi connectivity index (χ3n) is 2.96. The van der Waals surface area contributed by atoms with E-state index in [-0.39, 0.29) is 12.1 Å². The van der Waals surface area contributed by atoms with Crippen molar-refractivity contribution >= 4 is 0 Å². The van der Waals surface area contributed by atoms with E-state index in [1.807, 2.05) is 0 Å². The maximum Gasteiger partial charge on any atom is 0.0613 e. The van der Waals surface area contributed by atoms with E-state index in [0.717, 1.165) is 12.8 Å². The molecule has 0 bridgehead atoms. The van der Waals surface area contributed by atoms with Crippen molar-refractivity contribution in [2.24, 2.45) is 5.92 Å². The number of hydrogen-bond acceptors (Lipinski definition) is 2. The Hall–Kier alpha value is -0.520. The predicted molar refractivity (Wildman–Crippen MR) is 54.3 cm³/mol. The quantitative estimate of drug-likeness (QED) is 0.640. The molecule has 0 aromatic carbocycles. The number of rotatable bonds is 3. The van der Waals surface area contributed by atoms with E-state index in [1.165, 1.54) is 12.8 Å². The Bertz CT molecular complexity index is 197. The van der Waals surface area contributed by atoms with Crippen molar-refractivity contribution in [2.75, 3.05) is 13.2 Å². The standard InChI is InChI=1S/C11H19NO/c1-3-7-12-11(9-13)6-4-5-10(2)8-11/h1,10,12-13H,4-9H2,2H3. The molecule has 1 aliphatic rings. The second kappa shape index (κ2) is 4.64. The fraction of sp³-hybridized carbons (Fsp3) is 0.818. The Morgan fingerprint density at radius 1 is 1.69 bits per heavy atom. The van der Waals surface area contributed by atoms with Crippen molar-refractivity contribution in [3.8, 4) is 12.3 Å². The number of hydrogen-bond donors (Lipinski definition) is 2. The van der Waals surface area contributed by atoms with Gasteiger partial charge in [0.1, 0.15) is 0 Å². The molecule has 0 radical (unpaired) electrons. The van der Waals surface area contributed by atoms with Gasteiger partial charge in [0.25, 0.3) is 0 Å². The first kappa shape index (κ1) is 10.6. The smallest absolute Gasteiger partial charge is 0.0613 e. The van der Waals surface area contributed by atoms with Crippen LogP contribution in [-0.2, 0) is 0 Å². The Kier molecular flexibility index (Phi) is 3.77. The zero-order valence-electron chi connectivity index (χ0n) is 8.34. The molecule has 2 unspecified atom stereocenters. The van der Waals surface area contributed by atoms with Gasteiger partial charge in [0, 0.05) is 5.54 Å². The van der Waals surface area contributed by atoms with Crippen molar-refractivity contribution in [3.05, 3.63) is 0 Å². The van der Waals surface area contributed by atoms with Gasteiger partial charge in [-0.3, -0.25) is 5.32 Å². The molecule has 2 nitrogen and oxygen atoms in total. The first-order chi connectivity index (χ1) is 6.22. The van der Waals surface area contributed by atoms with Crippen molar-refractivity contribution in [1.29, 1.82) is 0 Å². The number of aliphatic hydroxyl groups excluding tert-OH is 1. The van der Waals surface area contributed by atoms with Gasteiger partial charge in [-0.1, -0.05) is 25.7 Å². The predicted octanol–water partition coefficient (Wildman–Crippen LogP) is 1.15. The highest BCUT2D eigenvalue weighted by atomic mass is 16.3. The normalized spacial score (nSPS) is 34.1. The summed E-state index contributed by atoms with van der Waals surface area (Å²) in [5.74, 6) is 3.27. The minimum atomic E-state index is -0.0932. The molecule has 0 aromatic rings. The van der Waals surface area contributed by atoms with Gasteiger partial charge >= 0.3 is 0 Å². The lowest BCUT2D eigenvalue weighted by atomic mass is 9.77. The van der Waals surface area contributed by atoms with Crippen LogP contribution < -0.4 is 5.32 Å². The molecule has 0 aliphatic heterocycles. The molecule has 2 N–H and O–H groups in total. The molecule has 2 atom stereocenters. The zero-order chi connectivity index (χ0) is 9.73. The van der Waals surface area contributed by atoms with E-state index in [9.17, 15) is 5.11 Å². The summed E-state index contributed by atoms with van der Waals surface area (Å²) < 4.78 is 0. The summed E-state index contributed by atoms with van der Waals surface area (Å²) in [7, 11) is 0. The lowest BCUT2D eigenvalue weighted by Gasteiger charge is -2.39. The summed E-state index contributed by atoms with van der Waals surface area (Å²) in [6.45, 7) is 3.01. The van der Waals surface area contributed by atoms with Gasteiger partial charge in [-0.15, -0.1) is 6.42 Å². The summed E-state index contributed by atoms with van der Waals surface area (Å²) in [5.41, 5.74) is -0.0932. The van der Waals surface area contributed by atoms with Gasteiger partial charge in [-0.2, -0.15) is 0 Å². The minimum absolute atomic E-state index is 0.0932. The van der Waals surface area contributed by atoms with E-state index in [4.69, 9.17) is 6.42 Å². The molecule has 13 heavy (non-hydrogen) atoms. The summed E-state index contributed by atoms with van der Waals surface area (Å²) in [4.78, 5) is 0. The number of terminal acetylenes is 1. The molecule has 0 aromatic heterocycles. The fourth-order valence-electron chi connectivity index (χ4n) is 2.26. The first-order valence-corrected chi connectivity index (χ1v) is 5.02. The van der Waals surface area contributed by atoms with Crippen molar-refractivity contribution in [2.45, 2.75) is 38.1 Å². The Morgan fingerprint density at radius 2 is 2.46 bits per heavy atom. The highest BCUT2D eigenvalue weighted by Gasteiger charge is 2.33. The molecule has 0 saturated heterocycles. The van der Waals surface area contributed by atoms with Crippen LogP contribution in [0.5, 0.6) is 0 Å². The minimum Gasteiger partial charge on any atom is -0.394 e. The van der Waals surface area contributed by atoms with Gasteiger partial charge in [-0.25, -0.2) is 0 Å². The molecular formula is C11H19NO. The van der Waals surface area contributed by atoms with E-state index in [1.54, 1.807) is 0 Å². The second-order valence-electron chi connectivity index (χ2n) is 4.20. The molecule has 2 heteroatoms. The Balaban J connectivity index is 2.52. The molecule has 0 heterocycles. The highest BCUT2D eigenvalue weighted by molar-refractivity contribution is 4.97. The third kappa shape index (κ3) is 2.72. The highest BCUT2D eigenvalue weighted by Crippen LogP contribution is 2.31. The van der Waals surface area contributed by atoms with Crippen LogP contribution in [-0.4, -0.2) is 23.8 Å². The van der Waals surface area contributed by atoms with Gasteiger partial charge in [0.05, 0.1) is 13.2 Å². The zero-order valence-corrected chi connectivity index (χ0v) is 8.34. The van der Waals surface area contributed by atoms with Gasteiger partial charge in [0.2, 0.25) is 0 Å². The molecule has 1 fully saturated rings. The molecular weight excluding hydrogens is 162 g/mol. The largest absolute Gasteiger partial charge is 0.394 e. The van der Waals surface area contributed by atoms with Crippen LogP contribution in [0.3, 0.4) is 0 Å². The van der Waals surface area contributed by atoms with E-state index >= 15 is 0 Å². The van der Waals surface area contributed by atoms with Crippen LogP contribution in [0.25, 0.3) is 0 Å². The monoisotopic (exact) mass is 181 g/mol. The van der Waals surface area contributed by atoms with E-state index in [2.05, 4.69) is 18.2 Å². The molecule has 0 amide bonds. The summed E-state index contributed by atoms with van der Waals surface area (Å²) in [6.07, 6.45) is 9.77. The average Bonchev–Trinajstić information content (AvgIpc) is 2.15. The third-order valence-corrected chi connectivity index (χ3v) is 2.96.